The molecular formula is C107H122N30O8. The number of anilines is 5. The fourth-order valence-corrected chi connectivity index (χ4v) is 22.5. The first-order chi connectivity index (χ1) is 70.1. The van der Waals surface area contributed by atoms with E-state index >= 15 is 0 Å². The third-order valence-corrected chi connectivity index (χ3v) is 29.7. The standard InChI is InChI=1S/C24H31N7O2.C23H25N5O2.C21H24N6O2.C20H22N6O.C19H20N6O/c1-23(2)11-17(12-24(3,4)29-23)30(5)21-9-8-19(27-28-21)18-7-6-16(10-20(18)32)31-14-15(13-26-31)22(25)33;1-26-11-17-13-28(14-18(17)12-26)22-6-5-20(24-25-22)19-4-3-15(9-21(19)29)16-7-8-27(2)23(30)10-16;28-6-5-26-10-16-12-27(13-17(16)11-26)21-4-3-19(24-25-21)18-2-1-14(7-20(18)29)15-8-22-23-9-15;1-25-9-15-11-26(12-16(15)10-25)20-5-4-18(23-24-20)17-3-2-13(6-19(17)27)14-7-21-22-8-14;26-18-5-12(13-8-21-22-9-13)1-2-16(18)17-3-4-19(24-23-17)25-10-14-6-20-7-15(14)11-25/h6-10,13-14,17,29,32H,11-12H2,1-5H3,(H2,25,33);3-10,17-18,29H,11-14H2,1-2H3;1-4,7-9,16-17,28-29H,5-6,10-13H2,(H,22,23);2-8,15-16,27H,9-12H2,1H3,(H,21,22);1-5,8-9,14-15,20,26H,6-7,10-11H2,(H,21,22)/t;17-,18+;16-,17+;15-,16+;14-,15+. The molecule has 0 radical (unpaired) electrons. The first kappa shape index (κ1) is 97.0. The van der Waals surface area contributed by atoms with Crippen LogP contribution in [0.5, 0.6) is 28.7 Å². The van der Waals surface area contributed by atoms with Gasteiger partial charge in [0, 0.05) is 230 Å². The number of aromatic nitrogens is 19. The summed E-state index contributed by atoms with van der Waals surface area (Å²) in [6.45, 7) is 27.0. The fourth-order valence-electron chi connectivity index (χ4n) is 22.5. The monoisotopic (exact) mass is 1960 g/mol. The fraction of sp³-hybridized carbons (Fsp3) is 0.364. The molecule has 38 nitrogen and oxygen atoms in total. The van der Waals surface area contributed by atoms with Gasteiger partial charge >= 0.3 is 0 Å². The number of aromatic amines is 3. The number of carbonyl (C=O) groups is 1. The molecule has 748 valence electrons. The van der Waals surface area contributed by atoms with Crippen molar-refractivity contribution >= 4 is 35.0 Å². The number of fused-ring (bicyclic) bond motifs is 4. The van der Waals surface area contributed by atoms with Crippen molar-refractivity contribution in [2.24, 2.45) is 60.1 Å². The molecule has 5 aromatic carbocycles. The molecule has 0 spiro atoms. The minimum absolute atomic E-state index is 0.0361. The predicted octanol–water partition coefficient (Wildman–Crippen LogP) is 10.8. The Kier molecular flexibility index (Phi) is 27.7. The van der Waals surface area contributed by atoms with Crippen LogP contribution in [0.3, 0.4) is 0 Å². The van der Waals surface area contributed by atoms with Crippen LogP contribution >= 0.6 is 0 Å². The van der Waals surface area contributed by atoms with Crippen LogP contribution in [0, 0.1) is 47.3 Å². The number of phenols is 5. The van der Waals surface area contributed by atoms with E-state index in [0.29, 0.717) is 97.3 Å². The number of benzene rings is 5. The number of nitrogens with one attached hydrogen (secondary N) is 5. The Balaban J connectivity index is 0.000000111. The highest BCUT2D eigenvalue weighted by molar-refractivity contribution is 5.92. The van der Waals surface area contributed by atoms with Crippen molar-refractivity contribution in [1.29, 1.82) is 0 Å². The second-order valence-corrected chi connectivity index (χ2v) is 41.2. The molecule has 9 aliphatic rings. The number of nitrogens with zero attached hydrogens (tertiary/aromatic N) is 24. The number of phenolic OH excluding ortho intramolecular Hbond substituents is 5. The summed E-state index contributed by atoms with van der Waals surface area (Å²) in [5.74, 6) is 10.1. The lowest BCUT2D eigenvalue weighted by molar-refractivity contribution is 0.1000. The first-order valence-corrected chi connectivity index (χ1v) is 49.4. The molecule has 15 aromatic rings. The lowest BCUT2D eigenvalue weighted by Crippen LogP contribution is -2.62. The highest BCUT2D eigenvalue weighted by Gasteiger charge is 2.45. The van der Waals surface area contributed by atoms with Crippen molar-refractivity contribution < 1.29 is 35.4 Å². The van der Waals surface area contributed by atoms with Crippen molar-refractivity contribution in [3.63, 3.8) is 0 Å². The zero-order valence-electron chi connectivity index (χ0n) is 82.4. The minimum atomic E-state index is -0.556. The maximum Gasteiger partial charge on any atom is 0.251 e. The van der Waals surface area contributed by atoms with Crippen LogP contribution in [-0.2, 0) is 7.05 Å². The quantitative estimate of drug-likeness (QED) is 0.0358. The second kappa shape index (κ2) is 41.5. The third-order valence-electron chi connectivity index (χ3n) is 29.7. The highest BCUT2D eigenvalue weighted by atomic mass is 16.3. The molecular weight excluding hydrogens is 1830 g/mol. The summed E-state index contributed by atoms with van der Waals surface area (Å²) in [5.41, 5.74) is 19.6. The average molecular weight is 1960 g/mol. The van der Waals surface area contributed by atoms with E-state index in [0.717, 1.165) is 208 Å². The number of piperidine rings is 1. The summed E-state index contributed by atoms with van der Waals surface area (Å²) in [4.78, 5) is 41.8. The molecule has 9 fully saturated rings. The zero-order chi connectivity index (χ0) is 100. The number of β-amino-alcohol motifs (C(OH)–C–C–N with tert-alkyl or cyclic N) is 1. The van der Waals surface area contributed by atoms with Crippen LogP contribution in [0.2, 0.25) is 0 Å². The number of hydrogen-bond acceptors (Lipinski definition) is 32. The second-order valence-electron chi connectivity index (χ2n) is 41.2. The van der Waals surface area contributed by atoms with Gasteiger partial charge in [0.15, 0.2) is 29.1 Å². The number of hydrogen-bond donors (Lipinski definition) is 12. The number of aliphatic hydroxyl groups is 1. The number of aromatic hydroxyl groups is 5. The van der Waals surface area contributed by atoms with E-state index in [1.54, 1.807) is 99.0 Å². The number of H-pyrrole nitrogens is 3. The summed E-state index contributed by atoms with van der Waals surface area (Å²) in [5, 5.41) is 137. The number of nitrogens with two attached hydrogens (primary N) is 1. The maximum atomic E-state index is 11.9. The Hall–Kier alpha value is -15.5. The van der Waals surface area contributed by atoms with E-state index < -0.39 is 5.91 Å². The third kappa shape index (κ3) is 21.8. The highest BCUT2D eigenvalue weighted by Crippen LogP contribution is 2.44. The molecule has 19 heterocycles. The van der Waals surface area contributed by atoms with Crippen molar-refractivity contribution in [3.05, 3.63) is 235 Å². The number of likely N-dealkylation sites (tertiary alicyclic amines) is 3. The predicted molar refractivity (Wildman–Crippen MR) is 556 cm³/mol. The molecule has 8 atom stereocenters. The van der Waals surface area contributed by atoms with Gasteiger partial charge in [-0.15, -0.1) is 51.0 Å². The van der Waals surface area contributed by atoms with Gasteiger partial charge in [-0.2, -0.15) is 20.4 Å². The molecule has 0 bridgehead atoms. The molecule has 13 N–H and O–H groups in total. The van der Waals surface area contributed by atoms with Crippen LogP contribution in [-0.4, -0.2) is 303 Å². The molecule has 9 aliphatic heterocycles. The Labute approximate surface area is 839 Å². The lowest BCUT2D eigenvalue weighted by atomic mass is 9.79. The number of primary amides is 1. The maximum absolute atomic E-state index is 11.9. The number of carbonyl (C=O) groups excluding carboxylic acids is 1. The normalized spacial score (nSPS) is 20.8. The van der Waals surface area contributed by atoms with Crippen LogP contribution in [0.1, 0.15) is 50.9 Å². The number of aryl methyl sites for hydroxylation is 1. The number of pyridine rings is 1. The smallest absolute Gasteiger partial charge is 0.251 e. The van der Waals surface area contributed by atoms with E-state index in [1.165, 1.54) is 34.7 Å². The summed E-state index contributed by atoms with van der Waals surface area (Å²) >= 11 is 0. The van der Waals surface area contributed by atoms with Gasteiger partial charge in [0.2, 0.25) is 0 Å². The van der Waals surface area contributed by atoms with Crippen LogP contribution in [0.25, 0.3) is 106 Å². The van der Waals surface area contributed by atoms with E-state index in [1.807, 2.05) is 115 Å². The molecule has 145 heavy (non-hydrogen) atoms. The van der Waals surface area contributed by atoms with Crippen LogP contribution in [0.4, 0.5) is 29.1 Å². The van der Waals surface area contributed by atoms with Gasteiger partial charge in [0.25, 0.3) is 11.5 Å². The van der Waals surface area contributed by atoms with E-state index in [2.05, 4.69) is 185 Å². The van der Waals surface area contributed by atoms with Gasteiger partial charge in [0.05, 0.1) is 71.1 Å². The van der Waals surface area contributed by atoms with E-state index in [-0.39, 0.29) is 52.0 Å². The SMILES string of the molecule is CN(c1ccc(-c2ccc(-n3cc(C(N)=O)cn3)cc2O)nn1)C1CC(C)(C)NC(C)(C)C1.CN1C[C@@H]2CN(c3ccc(-c4ccc(-c5ccn(C)c(=O)c5)cc4O)nn3)C[C@@H]2C1.CN1C[C@@H]2CN(c3ccc(-c4ccc(-c5cn[nH]c5)cc4O)nn3)C[C@@H]2C1.OCCN1C[C@@H]2CN(c3ccc(-c4ccc(-c5cn[nH]c5)cc4O)nn3)C[C@@H]2C1.Oc1cc(-c2cn[nH]c2)ccc1-c1ccc(N2C[C@H]3CNC[C@H]3C2)nn1. The summed E-state index contributed by atoms with van der Waals surface area (Å²) < 4.78 is 3.00. The zero-order valence-corrected chi connectivity index (χ0v) is 82.4. The minimum Gasteiger partial charge on any atom is -0.507 e. The molecule has 24 rings (SSSR count). The molecule has 0 saturated carbocycles. The van der Waals surface area contributed by atoms with Gasteiger partial charge < -0.3 is 90.8 Å². The lowest BCUT2D eigenvalue weighted by Gasteiger charge is -2.49. The largest absolute Gasteiger partial charge is 0.507 e. The molecule has 38 heteroatoms. The van der Waals surface area contributed by atoms with Gasteiger partial charge in [-0.25, -0.2) is 4.68 Å². The number of amides is 1. The van der Waals surface area contributed by atoms with Gasteiger partial charge in [0.1, 0.15) is 28.7 Å². The summed E-state index contributed by atoms with van der Waals surface area (Å²) in [7, 11) is 8.15. The molecule has 10 aromatic heterocycles. The summed E-state index contributed by atoms with van der Waals surface area (Å²) in [6.07, 6.45) is 17.2. The van der Waals surface area contributed by atoms with Crippen LogP contribution < -0.4 is 46.4 Å². The number of rotatable bonds is 19. The average Bonchev–Trinajstić information content (AvgIpc) is 1.53. The molecule has 1 amide bonds. The topological polar surface area (TPSA) is 469 Å². The molecule has 0 unspecified atom stereocenters. The van der Waals surface area contributed by atoms with Crippen molar-refractivity contribution in [3.8, 4) is 135 Å². The summed E-state index contributed by atoms with van der Waals surface area (Å²) in [6, 6.07) is 50.3. The van der Waals surface area contributed by atoms with Crippen LogP contribution in [0.15, 0.2) is 224 Å². The van der Waals surface area contributed by atoms with Crippen molar-refractivity contribution in [2.75, 3.05) is 164 Å². The Morgan fingerprint density at radius 2 is 0.759 bits per heavy atom. The Bertz CT molecular complexity index is 7010. The molecule has 0 aliphatic carbocycles. The van der Waals surface area contributed by atoms with Gasteiger partial charge in [-0.1, -0.05) is 24.3 Å². The van der Waals surface area contributed by atoms with Crippen molar-refractivity contribution in [1.82, 2.24) is 121 Å². The van der Waals surface area contributed by atoms with Gasteiger partial charge in [-0.3, -0.25) is 24.9 Å². The first-order valence-electron chi connectivity index (χ1n) is 49.4. The Morgan fingerprint density at radius 1 is 0.407 bits per heavy atom. The van der Waals surface area contributed by atoms with E-state index in [4.69, 9.17) is 10.8 Å². The Morgan fingerprint density at radius 3 is 1.08 bits per heavy atom. The van der Waals surface area contributed by atoms with E-state index in [9.17, 15) is 35.1 Å². The number of aliphatic hydroxyl groups excluding tert-OH is 1. The molecule has 9 saturated heterocycles. The van der Waals surface area contributed by atoms with Crippen molar-refractivity contribution in [2.45, 2.75) is 57.7 Å². The van der Waals surface area contributed by atoms with Gasteiger partial charge in [-0.05, 0) is 257 Å².